The number of nitrogens with two attached hydrogens (primary N) is 1. The molecule has 0 aliphatic rings. The highest BCUT2D eigenvalue weighted by Gasteiger charge is 2.19. The van der Waals surface area contributed by atoms with Crippen LogP contribution < -0.4 is 5.73 Å². The Labute approximate surface area is 132 Å². The van der Waals surface area contributed by atoms with E-state index in [-0.39, 0.29) is 16.3 Å². The normalized spacial score (nSPS) is 11.6. The minimum Gasteiger partial charge on any atom is -0.398 e. The van der Waals surface area contributed by atoms with Crippen LogP contribution in [-0.4, -0.2) is 8.42 Å². The van der Waals surface area contributed by atoms with Crippen LogP contribution in [0.2, 0.25) is 15.1 Å². The topological polar surface area (TPSA) is 60.2 Å². The lowest BCUT2D eigenvalue weighted by molar-refractivity contribution is 0.595. The molecule has 0 aromatic heterocycles. The summed E-state index contributed by atoms with van der Waals surface area (Å²) in [6.07, 6.45) is 0. The van der Waals surface area contributed by atoms with E-state index in [1.165, 1.54) is 24.3 Å². The number of hydrogen-bond donors (Lipinski definition) is 1. The molecule has 2 N–H and O–H groups in total. The Kier molecular flexibility index (Phi) is 4.49. The van der Waals surface area contributed by atoms with E-state index in [0.717, 1.165) is 0 Å². The molecule has 0 bridgehead atoms. The Balaban J connectivity index is 2.38. The van der Waals surface area contributed by atoms with Crippen molar-refractivity contribution in [2.24, 2.45) is 0 Å². The molecule has 106 valence electrons. The summed E-state index contributed by atoms with van der Waals surface area (Å²) in [5, 5.41) is 1.07. The summed E-state index contributed by atoms with van der Waals surface area (Å²) in [5.41, 5.74) is 6.36. The molecule has 0 amide bonds. The predicted octanol–water partition coefficient (Wildman–Crippen LogP) is 4.20. The van der Waals surface area contributed by atoms with E-state index in [1.807, 2.05) is 0 Å². The monoisotopic (exact) mass is 349 g/mol. The van der Waals surface area contributed by atoms with E-state index in [0.29, 0.717) is 20.6 Å². The number of rotatable bonds is 3. The zero-order valence-electron chi connectivity index (χ0n) is 10.1. The van der Waals surface area contributed by atoms with Gasteiger partial charge < -0.3 is 5.73 Å². The van der Waals surface area contributed by atoms with Gasteiger partial charge in [0.05, 0.1) is 26.4 Å². The van der Waals surface area contributed by atoms with Crippen molar-refractivity contribution in [1.82, 2.24) is 0 Å². The Bertz CT molecular complexity index is 760. The van der Waals surface area contributed by atoms with Crippen LogP contribution in [0, 0.1) is 0 Å². The Morgan fingerprint density at radius 3 is 2.25 bits per heavy atom. The summed E-state index contributed by atoms with van der Waals surface area (Å²) in [6.45, 7) is 0. The molecule has 0 saturated carbocycles. The van der Waals surface area contributed by atoms with E-state index >= 15 is 0 Å². The van der Waals surface area contributed by atoms with E-state index in [2.05, 4.69) is 0 Å². The molecule has 2 aromatic carbocycles. The molecular formula is C13H10Cl3NO2S. The van der Waals surface area contributed by atoms with E-state index in [4.69, 9.17) is 40.5 Å². The third-order valence-electron chi connectivity index (χ3n) is 2.65. The molecule has 0 spiro atoms. The van der Waals surface area contributed by atoms with Gasteiger partial charge in [0.15, 0.2) is 9.84 Å². The first-order chi connectivity index (χ1) is 9.29. The van der Waals surface area contributed by atoms with Crippen molar-refractivity contribution in [1.29, 1.82) is 0 Å². The van der Waals surface area contributed by atoms with Crippen LogP contribution >= 0.6 is 34.8 Å². The average molecular weight is 351 g/mol. The highest BCUT2D eigenvalue weighted by atomic mass is 35.5. The summed E-state index contributed by atoms with van der Waals surface area (Å²) >= 11 is 17.4. The summed E-state index contributed by atoms with van der Waals surface area (Å²) < 4.78 is 24.7. The maximum Gasteiger partial charge on any atom is 0.184 e. The summed E-state index contributed by atoms with van der Waals surface area (Å²) in [6, 6.07) is 8.97. The van der Waals surface area contributed by atoms with Crippen molar-refractivity contribution in [2.75, 3.05) is 5.73 Å². The highest BCUT2D eigenvalue weighted by Crippen LogP contribution is 2.28. The van der Waals surface area contributed by atoms with Gasteiger partial charge in [0.25, 0.3) is 0 Å². The minimum absolute atomic E-state index is 0.0490. The van der Waals surface area contributed by atoms with Gasteiger partial charge >= 0.3 is 0 Å². The molecule has 0 fully saturated rings. The summed E-state index contributed by atoms with van der Waals surface area (Å²) in [7, 11) is -3.58. The Morgan fingerprint density at radius 2 is 1.65 bits per heavy atom. The van der Waals surface area contributed by atoms with Crippen LogP contribution in [0.25, 0.3) is 0 Å². The standard InChI is InChI=1S/C13H10Cl3NO2S/c14-9-2-4-13(12(17)6-9)20(18,19)7-8-1-3-10(15)11(16)5-8/h1-6H,7,17H2. The van der Waals surface area contributed by atoms with Crippen LogP contribution in [0.1, 0.15) is 5.56 Å². The second-order valence-electron chi connectivity index (χ2n) is 4.19. The molecule has 0 atom stereocenters. The molecule has 0 saturated heterocycles. The molecular weight excluding hydrogens is 341 g/mol. The lowest BCUT2D eigenvalue weighted by Crippen LogP contribution is -2.08. The molecule has 2 aromatic rings. The predicted molar refractivity (Wildman–Crippen MR) is 83.2 cm³/mol. The number of hydrogen-bond acceptors (Lipinski definition) is 3. The molecule has 0 aliphatic heterocycles. The van der Waals surface area contributed by atoms with Gasteiger partial charge in [-0.3, -0.25) is 0 Å². The van der Waals surface area contributed by atoms with Gasteiger partial charge in [0.2, 0.25) is 0 Å². The van der Waals surface area contributed by atoms with Crippen molar-refractivity contribution in [2.45, 2.75) is 10.6 Å². The van der Waals surface area contributed by atoms with E-state index in [9.17, 15) is 8.42 Å². The molecule has 3 nitrogen and oxygen atoms in total. The van der Waals surface area contributed by atoms with Gasteiger partial charge in [-0.05, 0) is 35.9 Å². The highest BCUT2D eigenvalue weighted by molar-refractivity contribution is 7.90. The van der Waals surface area contributed by atoms with Crippen LogP contribution in [0.4, 0.5) is 5.69 Å². The minimum atomic E-state index is -3.58. The lowest BCUT2D eigenvalue weighted by atomic mass is 10.2. The fraction of sp³-hybridized carbons (Fsp3) is 0.0769. The maximum atomic E-state index is 12.3. The number of halogens is 3. The maximum absolute atomic E-state index is 12.3. The fourth-order valence-corrected chi connectivity index (χ4v) is 3.70. The summed E-state index contributed by atoms with van der Waals surface area (Å²) in [5.74, 6) is -0.213. The van der Waals surface area contributed by atoms with Crippen LogP contribution in [0.15, 0.2) is 41.3 Å². The second-order valence-corrected chi connectivity index (χ2v) is 7.40. The van der Waals surface area contributed by atoms with Gasteiger partial charge in [0.1, 0.15) is 0 Å². The van der Waals surface area contributed by atoms with Gasteiger partial charge in [-0.15, -0.1) is 0 Å². The van der Waals surface area contributed by atoms with Crippen LogP contribution in [-0.2, 0) is 15.6 Å². The SMILES string of the molecule is Nc1cc(Cl)ccc1S(=O)(=O)Cc1ccc(Cl)c(Cl)c1. The van der Waals surface area contributed by atoms with E-state index in [1.54, 1.807) is 12.1 Å². The smallest absolute Gasteiger partial charge is 0.184 e. The first-order valence-electron chi connectivity index (χ1n) is 5.51. The zero-order chi connectivity index (χ0) is 14.9. The molecule has 7 heteroatoms. The van der Waals surface area contributed by atoms with Gasteiger partial charge in [-0.1, -0.05) is 40.9 Å². The first-order valence-corrected chi connectivity index (χ1v) is 8.30. The Hall–Kier alpha value is -0.940. The first kappa shape index (κ1) is 15.4. The van der Waals surface area contributed by atoms with Crippen LogP contribution in [0.3, 0.4) is 0 Å². The van der Waals surface area contributed by atoms with Crippen molar-refractivity contribution >= 4 is 50.3 Å². The molecule has 2 rings (SSSR count). The lowest BCUT2D eigenvalue weighted by Gasteiger charge is -2.08. The average Bonchev–Trinajstić information content (AvgIpc) is 2.33. The quantitative estimate of drug-likeness (QED) is 0.844. The van der Waals surface area contributed by atoms with Crippen molar-refractivity contribution in [3.05, 3.63) is 57.0 Å². The molecule has 0 radical (unpaired) electrons. The van der Waals surface area contributed by atoms with Crippen molar-refractivity contribution in [3.63, 3.8) is 0 Å². The largest absolute Gasteiger partial charge is 0.398 e. The molecule has 0 heterocycles. The van der Waals surface area contributed by atoms with Gasteiger partial charge in [-0.2, -0.15) is 0 Å². The molecule has 0 unspecified atom stereocenters. The second kappa shape index (κ2) is 5.82. The zero-order valence-corrected chi connectivity index (χ0v) is 13.2. The summed E-state index contributed by atoms with van der Waals surface area (Å²) in [4.78, 5) is 0.0490. The molecule has 0 aliphatic carbocycles. The van der Waals surface area contributed by atoms with Crippen molar-refractivity contribution < 1.29 is 8.42 Å². The fourth-order valence-electron chi connectivity index (χ4n) is 1.73. The van der Waals surface area contributed by atoms with Gasteiger partial charge in [-0.25, -0.2) is 8.42 Å². The van der Waals surface area contributed by atoms with E-state index < -0.39 is 9.84 Å². The number of nitrogen functional groups attached to an aromatic ring is 1. The third kappa shape index (κ3) is 3.38. The number of anilines is 1. The third-order valence-corrected chi connectivity index (χ3v) is 5.38. The number of sulfone groups is 1. The number of benzene rings is 2. The van der Waals surface area contributed by atoms with Crippen molar-refractivity contribution in [3.8, 4) is 0 Å². The van der Waals surface area contributed by atoms with Gasteiger partial charge in [0, 0.05) is 5.02 Å². The van der Waals surface area contributed by atoms with Crippen LogP contribution in [0.5, 0.6) is 0 Å². The molecule has 20 heavy (non-hydrogen) atoms. The Morgan fingerprint density at radius 1 is 0.950 bits per heavy atom.